The number of aldehydes is 1. The van der Waals surface area contributed by atoms with E-state index in [2.05, 4.69) is 34.6 Å². The lowest BCUT2D eigenvalue weighted by Gasteiger charge is -2.61. The summed E-state index contributed by atoms with van der Waals surface area (Å²) in [6.07, 6.45) is 3.58. The van der Waals surface area contributed by atoms with E-state index in [-0.39, 0.29) is 28.2 Å². The molecule has 2 saturated heterocycles. The molecule has 2 saturated carbocycles. The van der Waals surface area contributed by atoms with Gasteiger partial charge in [0.25, 0.3) is 0 Å². The van der Waals surface area contributed by atoms with Crippen molar-refractivity contribution in [3.8, 4) is 0 Å². The fraction of sp³-hybridized carbons (Fsp3) is 0.794. The first-order chi connectivity index (χ1) is 20.4. The van der Waals surface area contributed by atoms with Crippen LogP contribution < -0.4 is 0 Å². The lowest BCUT2D eigenvalue weighted by Crippen LogP contribution is -2.66. The molecule has 6 rings (SSSR count). The zero-order valence-corrected chi connectivity index (χ0v) is 27.2. The fourth-order valence-corrected chi connectivity index (χ4v) is 10.9. The number of aliphatic hydroxyl groups is 2. The third-order valence-electron chi connectivity index (χ3n) is 12.4. The molecular formula is C34H48O10. The first-order valence-corrected chi connectivity index (χ1v) is 16.0. The molecule has 0 aromatic rings. The number of ether oxygens (including phenoxy) is 5. The van der Waals surface area contributed by atoms with Gasteiger partial charge in [-0.25, -0.2) is 0 Å². The van der Waals surface area contributed by atoms with Crippen LogP contribution >= 0.6 is 0 Å². The van der Waals surface area contributed by atoms with E-state index in [0.717, 1.165) is 25.7 Å². The number of rotatable bonds is 4. The van der Waals surface area contributed by atoms with Crippen LogP contribution in [0.5, 0.6) is 0 Å². The molecule has 6 aliphatic rings. The van der Waals surface area contributed by atoms with E-state index in [1.807, 2.05) is 6.92 Å². The van der Waals surface area contributed by atoms with Gasteiger partial charge in [0.15, 0.2) is 36.4 Å². The number of hydrogen-bond acceptors (Lipinski definition) is 10. The molecule has 2 aliphatic heterocycles. The number of aliphatic hydroxyl groups excluding tert-OH is 1. The van der Waals surface area contributed by atoms with Gasteiger partial charge in [0, 0.05) is 47.7 Å². The third-order valence-corrected chi connectivity index (χ3v) is 12.4. The molecule has 2 heterocycles. The number of hydrogen-bond donors (Lipinski definition) is 2. The lowest BCUT2D eigenvalue weighted by molar-refractivity contribution is -0.211. The number of carbonyl (C=O) groups is 3. The van der Waals surface area contributed by atoms with E-state index in [1.54, 1.807) is 12.2 Å². The summed E-state index contributed by atoms with van der Waals surface area (Å²) >= 11 is 0. The molecule has 10 nitrogen and oxygen atoms in total. The predicted molar refractivity (Wildman–Crippen MR) is 156 cm³/mol. The average Bonchev–Trinajstić information content (AvgIpc) is 3.38. The van der Waals surface area contributed by atoms with Crippen molar-refractivity contribution in [3.63, 3.8) is 0 Å². The minimum absolute atomic E-state index is 0.175. The molecule has 0 aromatic heterocycles. The zero-order chi connectivity index (χ0) is 32.3. The van der Waals surface area contributed by atoms with Crippen LogP contribution in [0.25, 0.3) is 0 Å². The van der Waals surface area contributed by atoms with Crippen molar-refractivity contribution in [2.45, 2.75) is 136 Å². The molecule has 0 amide bonds. The molecule has 0 unspecified atom stereocenters. The third kappa shape index (κ3) is 4.06. The van der Waals surface area contributed by atoms with Crippen molar-refractivity contribution in [1.82, 2.24) is 0 Å². The highest BCUT2D eigenvalue weighted by molar-refractivity contribution is 5.73. The highest BCUT2D eigenvalue weighted by Crippen LogP contribution is 2.69. The summed E-state index contributed by atoms with van der Waals surface area (Å²) < 4.78 is 31.3. The molecule has 44 heavy (non-hydrogen) atoms. The van der Waals surface area contributed by atoms with Gasteiger partial charge in [-0.2, -0.15) is 0 Å². The van der Waals surface area contributed by atoms with Crippen LogP contribution in [0.2, 0.25) is 0 Å². The Morgan fingerprint density at radius 3 is 1.84 bits per heavy atom. The van der Waals surface area contributed by atoms with Gasteiger partial charge in [-0.05, 0) is 48.7 Å². The van der Waals surface area contributed by atoms with Crippen molar-refractivity contribution in [2.24, 2.45) is 33.5 Å². The summed E-state index contributed by atoms with van der Waals surface area (Å²) in [5.74, 6) is -1.44. The standard InChI is InChI=1S/C34H48O10/c1-18(36)40-22-15-20-26(38)42-28-34(20,32(8)14-10-12-30(5,6)25(22)32)44-27(43-28)21-16-23(41-19(2)37)24-29(3,4)11-9-13-31(24,7)33(21,39)17-35/h15-17,22-28,38-39H,9-14H2,1-8H3/t22-,23-,24+,25+,26-,27-,28+,31+,32+,33-,34+/m1/s1. The average molecular weight is 617 g/mol. The summed E-state index contributed by atoms with van der Waals surface area (Å²) in [5, 5.41) is 23.7. The molecule has 2 N–H and O–H groups in total. The number of fused-ring (bicyclic) bond motifs is 2. The van der Waals surface area contributed by atoms with Crippen LogP contribution in [0.3, 0.4) is 0 Å². The van der Waals surface area contributed by atoms with Gasteiger partial charge in [-0.1, -0.05) is 54.4 Å². The van der Waals surface area contributed by atoms with E-state index < -0.39 is 65.0 Å². The maximum absolute atomic E-state index is 13.1. The van der Waals surface area contributed by atoms with Crippen LogP contribution in [0.4, 0.5) is 0 Å². The summed E-state index contributed by atoms with van der Waals surface area (Å²) in [4.78, 5) is 37.7. The molecule has 0 radical (unpaired) electrons. The Morgan fingerprint density at radius 2 is 1.32 bits per heavy atom. The molecule has 4 fully saturated rings. The molecule has 244 valence electrons. The van der Waals surface area contributed by atoms with E-state index in [9.17, 15) is 24.6 Å². The van der Waals surface area contributed by atoms with E-state index in [0.29, 0.717) is 24.7 Å². The highest BCUT2D eigenvalue weighted by Gasteiger charge is 2.76. The van der Waals surface area contributed by atoms with Crippen LogP contribution in [0, 0.1) is 33.5 Å². The zero-order valence-electron chi connectivity index (χ0n) is 27.2. The molecule has 10 heteroatoms. The smallest absolute Gasteiger partial charge is 0.303 e. The molecule has 1 spiro atoms. The Hall–Kier alpha value is -2.11. The molecule has 0 bridgehead atoms. The predicted octanol–water partition coefficient (Wildman–Crippen LogP) is 4.11. The van der Waals surface area contributed by atoms with Gasteiger partial charge in [0.05, 0.1) is 0 Å². The van der Waals surface area contributed by atoms with Crippen LogP contribution in [0.1, 0.15) is 93.9 Å². The Labute approximate surface area is 259 Å². The summed E-state index contributed by atoms with van der Waals surface area (Å²) in [7, 11) is 0. The Kier molecular flexibility index (Phi) is 7.20. The first kappa shape index (κ1) is 31.9. The second kappa shape index (κ2) is 9.94. The minimum Gasteiger partial charge on any atom is -0.458 e. The summed E-state index contributed by atoms with van der Waals surface area (Å²) in [6, 6.07) is 0. The minimum atomic E-state index is -1.99. The maximum atomic E-state index is 13.1. The normalized spacial score (nSPS) is 48.5. The van der Waals surface area contributed by atoms with Crippen molar-refractivity contribution in [3.05, 3.63) is 23.3 Å². The highest BCUT2D eigenvalue weighted by atomic mass is 16.8. The van der Waals surface area contributed by atoms with E-state index in [1.165, 1.54) is 13.8 Å². The first-order valence-electron chi connectivity index (χ1n) is 16.0. The Morgan fingerprint density at radius 1 is 0.818 bits per heavy atom. The summed E-state index contributed by atoms with van der Waals surface area (Å²) in [5.41, 5.74) is -5.02. The van der Waals surface area contributed by atoms with Gasteiger partial charge in [-0.15, -0.1) is 0 Å². The van der Waals surface area contributed by atoms with Gasteiger partial charge >= 0.3 is 11.9 Å². The fourth-order valence-electron chi connectivity index (χ4n) is 10.9. The Bertz CT molecular complexity index is 1320. The van der Waals surface area contributed by atoms with Crippen LogP contribution in [-0.2, 0) is 38.1 Å². The SMILES string of the molecule is CC(=O)O[C@@H]1C=C([C@@H]2O[C@@H]3O[C@@H](O)C4=C[C@@H](OC(C)=O)[C@H]5C(C)(C)CCC[C@]5(C)[C@]43O2)[C@](O)(C=O)[C@@]2(C)CCCC(C)(C)[C@H]12. The lowest BCUT2D eigenvalue weighted by atomic mass is 9.46. The van der Waals surface area contributed by atoms with Gasteiger partial charge in [0.1, 0.15) is 12.2 Å². The van der Waals surface area contributed by atoms with Crippen molar-refractivity contribution in [1.29, 1.82) is 0 Å². The molecule has 11 atom stereocenters. The second-order valence-electron chi connectivity index (χ2n) is 15.9. The second-order valence-corrected chi connectivity index (χ2v) is 15.9. The van der Waals surface area contributed by atoms with Gasteiger partial charge in [0.2, 0.25) is 0 Å². The van der Waals surface area contributed by atoms with E-state index in [4.69, 9.17) is 23.7 Å². The monoisotopic (exact) mass is 616 g/mol. The van der Waals surface area contributed by atoms with Crippen molar-refractivity contribution < 1.29 is 48.3 Å². The molecular weight excluding hydrogens is 568 g/mol. The number of esters is 2. The molecule has 4 aliphatic carbocycles. The maximum Gasteiger partial charge on any atom is 0.303 e. The van der Waals surface area contributed by atoms with Crippen molar-refractivity contribution in [2.75, 3.05) is 0 Å². The quantitative estimate of drug-likeness (QED) is 0.270. The van der Waals surface area contributed by atoms with Crippen LogP contribution in [-0.4, -0.2) is 70.7 Å². The van der Waals surface area contributed by atoms with Gasteiger partial charge < -0.3 is 33.9 Å². The largest absolute Gasteiger partial charge is 0.458 e. The van der Waals surface area contributed by atoms with E-state index >= 15 is 0 Å². The van der Waals surface area contributed by atoms with Crippen molar-refractivity contribution >= 4 is 18.2 Å². The van der Waals surface area contributed by atoms with Gasteiger partial charge in [-0.3, -0.25) is 14.4 Å². The summed E-state index contributed by atoms with van der Waals surface area (Å²) in [6.45, 7) is 15.2. The topological polar surface area (TPSA) is 138 Å². The van der Waals surface area contributed by atoms with Crippen LogP contribution in [0.15, 0.2) is 23.3 Å². The molecule has 0 aromatic carbocycles. The Balaban J connectivity index is 1.50. The number of carbonyl (C=O) groups excluding carboxylic acids is 3.